The number of rotatable bonds is 9. The first kappa shape index (κ1) is 21.5. The van der Waals surface area contributed by atoms with Crippen LogP contribution in [0.1, 0.15) is 28.8 Å². The summed E-state index contributed by atoms with van der Waals surface area (Å²) in [5.74, 6) is -3.02. The van der Waals surface area contributed by atoms with Gasteiger partial charge in [0, 0.05) is 24.2 Å². The van der Waals surface area contributed by atoms with E-state index >= 15 is 0 Å². The lowest BCUT2D eigenvalue weighted by Crippen LogP contribution is -2.41. The van der Waals surface area contributed by atoms with Crippen molar-refractivity contribution in [1.82, 2.24) is 15.3 Å². The highest BCUT2D eigenvalue weighted by Gasteiger charge is 2.21. The molecule has 0 aliphatic heterocycles. The number of hydrogen-bond acceptors (Lipinski definition) is 6. The Morgan fingerprint density at radius 3 is 2.48 bits per heavy atom. The third kappa shape index (κ3) is 5.66. The van der Waals surface area contributed by atoms with Crippen LogP contribution in [0.25, 0.3) is 10.9 Å². The van der Waals surface area contributed by atoms with Crippen molar-refractivity contribution >= 4 is 34.4 Å². The minimum atomic E-state index is -1.29. The van der Waals surface area contributed by atoms with Gasteiger partial charge < -0.3 is 25.8 Å². The lowest BCUT2D eigenvalue weighted by molar-refractivity contribution is -0.140. The molecule has 0 radical (unpaired) electrons. The molecule has 1 heterocycles. The first-order valence-electron chi connectivity index (χ1n) is 9.39. The van der Waals surface area contributed by atoms with Gasteiger partial charge in [0.05, 0.1) is 17.2 Å². The number of anilines is 1. The summed E-state index contributed by atoms with van der Waals surface area (Å²) in [4.78, 5) is 52.6. The number of carbonyl (C=O) groups is 3. The summed E-state index contributed by atoms with van der Waals surface area (Å²) in [7, 11) is 0. The van der Waals surface area contributed by atoms with Gasteiger partial charge in [-0.05, 0) is 42.3 Å². The third-order valence-electron chi connectivity index (χ3n) is 4.60. The highest BCUT2D eigenvalue weighted by molar-refractivity contribution is 5.96. The van der Waals surface area contributed by atoms with Crippen molar-refractivity contribution < 1.29 is 24.6 Å². The number of aliphatic carboxylic acids is 2. The molecule has 31 heavy (non-hydrogen) atoms. The van der Waals surface area contributed by atoms with E-state index in [1.54, 1.807) is 42.5 Å². The van der Waals surface area contributed by atoms with Crippen molar-refractivity contribution in [2.24, 2.45) is 0 Å². The predicted octanol–water partition coefficient (Wildman–Crippen LogP) is 1.58. The van der Waals surface area contributed by atoms with Crippen LogP contribution in [0.2, 0.25) is 0 Å². The van der Waals surface area contributed by atoms with Crippen LogP contribution in [0.4, 0.5) is 5.69 Å². The average Bonchev–Trinajstić information content (AvgIpc) is 2.75. The lowest BCUT2D eigenvalue weighted by atomic mass is 10.1. The van der Waals surface area contributed by atoms with Gasteiger partial charge >= 0.3 is 11.9 Å². The number of benzene rings is 2. The molecule has 3 rings (SSSR count). The van der Waals surface area contributed by atoms with Crippen LogP contribution < -0.4 is 16.2 Å². The number of H-pyrrole nitrogens is 1. The molecule has 2 aromatic carbocycles. The highest BCUT2D eigenvalue weighted by atomic mass is 16.4. The minimum absolute atomic E-state index is 0.206. The first-order valence-corrected chi connectivity index (χ1v) is 9.39. The SMILES string of the molecule is O=C(O)CC[C@H](NC(=O)c1ccc(CNc2ccc3nc[nH]c(=O)c3c2)cc1)C(=O)O. The van der Waals surface area contributed by atoms with E-state index in [2.05, 4.69) is 20.6 Å². The summed E-state index contributed by atoms with van der Waals surface area (Å²) in [5, 5.41) is 23.8. The molecular weight excluding hydrogens is 404 g/mol. The molecule has 10 nitrogen and oxygen atoms in total. The fraction of sp³-hybridized carbons (Fsp3) is 0.190. The van der Waals surface area contributed by atoms with Crippen LogP contribution in [0.3, 0.4) is 0 Å². The van der Waals surface area contributed by atoms with Crippen molar-refractivity contribution in [3.05, 3.63) is 70.3 Å². The topological polar surface area (TPSA) is 161 Å². The number of nitrogens with zero attached hydrogens (tertiary/aromatic N) is 1. The Kier molecular flexibility index (Phi) is 6.61. The van der Waals surface area contributed by atoms with E-state index in [1.807, 2.05) is 0 Å². The molecule has 0 bridgehead atoms. The summed E-state index contributed by atoms with van der Waals surface area (Å²) >= 11 is 0. The van der Waals surface area contributed by atoms with E-state index in [-0.39, 0.29) is 24.0 Å². The molecule has 0 unspecified atom stereocenters. The number of aromatic amines is 1. The van der Waals surface area contributed by atoms with Gasteiger partial charge in [-0.1, -0.05) is 12.1 Å². The largest absolute Gasteiger partial charge is 0.481 e. The zero-order valence-electron chi connectivity index (χ0n) is 16.3. The molecule has 0 fully saturated rings. The van der Waals surface area contributed by atoms with Crippen molar-refractivity contribution in [3.63, 3.8) is 0 Å². The molecule has 0 aliphatic carbocycles. The monoisotopic (exact) mass is 424 g/mol. The molecule has 10 heteroatoms. The smallest absolute Gasteiger partial charge is 0.326 e. The number of carboxylic acid groups (broad SMARTS) is 2. The Hall–Kier alpha value is -4.21. The number of carboxylic acids is 2. The van der Waals surface area contributed by atoms with Gasteiger partial charge in [-0.25, -0.2) is 9.78 Å². The quantitative estimate of drug-likeness (QED) is 0.346. The molecule has 0 spiro atoms. The number of nitrogens with one attached hydrogen (secondary N) is 3. The zero-order chi connectivity index (χ0) is 22.4. The number of fused-ring (bicyclic) bond motifs is 1. The average molecular weight is 424 g/mol. The minimum Gasteiger partial charge on any atom is -0.481 e. The summed E-state index contributed by atoms with van der Waals surface area (Å²) < 4.78 is 0. The molecule has 3 aromatic rings. The molecule has 0 saturated heterocycles. The Morgan fingerprint density at radius 1 is 1.06 bits per heavy atom. The van der Waals surface area contributed by atoms with Crippen LogP contribution in [0.5, 0.6) is 0 Å². The maximum atomic E-state index is 12.3. The molecule has 0 aliphatic rings. The molecule has 1 amide bonds. The van der Waals surface area contributed by atoms with E-state index in [1.165, 1.54) is 6.33 Å². The maximum absolute atomic E-state index is 12.3. The summed E-state index contributed by atoms with van der Waals surface area (Å²) in [6.45, 7) is 0.432. The van der Waals surface area contributed by atoms with Gasteiger partial charge in [0.2, 0.25) is 0 Å². The molecule has 160 valence electrons. The van der Waals surface area contributed by atoms with E-state index in [4.69, 9.17) is 10.2 Å². The Bertz CT molecular complexity index is 1170. The maximum Gasteiger partial charge on any atom is 0.326 e. The van der Waals surface area contributed by atoms with Gasteiger partial charge in [-0.2, -0.15) is 0 Å². The predicted molar refractivity (Wildman–Crippen MR) is 112 cm³/mol. The van der Waals surface area contributed by atoms with Gasteiger partial charge in [-0.15, -0.1) is 0 Å². The second kappa shape index (κ2) is 9.53. The van der Waals surface area contributed by atoms with Crippen molar-refractivity contribution in [2.45, 2.75) is 25.4 Å². The van der Waals surface area contributed by atoms with Crippen LogP contribution in [0.15, 0.2) is 53.6 Å². The van der Waals surface area contributed by atoms with Crippen molar-refractivity contribution in [2.75, 3.05) is 5.32 Å². The number of hydrogen-bond donors (Lipinski definition) is 5. The summed E-state index contributed by atoms with van der Waals surface area (Å²) in [5.41, 5.74) is 2.21. The van der Waals surface area contributed by atoms with E-state index in [0.717, 1.165) is 11.3 Å². The number of amides is 1. The normalized spacial score (nSPS) is 11.6. The van der Waals surface area contributed by atoms with E-state index < -0.39 is 23.9 Å². The second-order valence-electron chi connectivity index (χ2n) is 6.81. The molecule has 0 saturated carbocycles. The summed E-state index contributed by atoms with van der Waals surface area (Å²) in [6, 6.07) is 10.5. The summed E-state index contributed by atoms with van der Waals surface area (Å²) in [6.07, 6.45) is 0.779. The van der Waals surface area contributed by atoms with Crippen LogP contribution in [-0.4, -0.2) is 44.1 Å². The van der Waals surface area contributed by atoms with Gasteiger partial charge in [0.1, 0.15) is 6.04 Å². The van der Waals surface area contributed by atoms with Crippen LogP contribution >= 0.6 is 0 Å². The standard InChI is InChI=1S/C21H20N4O6/c26-18(27)8-7-17(21(30)31)25-19(28)13-3-1-12(2-4-13)10-22-14-5-6-16-15(9-14)20(29)24-11-23-16/h1-6,9,11,17,22H,7-8,10H2,(H,25,28)(H,26,27)(H,30,31)(H,23,24,29)/t17-/m0/s1. The highest BCUT2D eigenvalue weighted by Crippen LogP contribution is 2.15. The van der Waals surface area contributed by atoms with Crippen molar-refractivity contribution in [3.8, 4) is 0 Å². The Balaban J connectivity index is 1.61. The van der Waals surface area contributed by atoms with Gasteiger partial charge in [-0.3, -0.25) is 14.4 Å². The van der Waals surface area contributed by atoms with Gasteiger partial charge in [0.25, 0.3) is 11.5 Å². The number of aromatic nitrogens is 2. The van der Waals surface area contributed by atoms with Crippen molar-refractivity contribution in [1.29, 1.82) is 0 Å². The molecular formula is C21H20N4O6. The lowest BCUT2D eigenvalue weighted by Gasteiger charge is -2.14. The van der Waals surface area contributed by atoms with Crippen LogP contribution in [-0.2, 0) is 16.1 Å². The van der Waals surface area contributed by atoms with Crippen LogP contribution in [0, 0.1) is 0 Å². The molecule has 5 N–H and O–H groups in total. The fourth-order valence-corrected chi connectivity index (χ4v) is 2.92. The van der Waals surface area contributed by atoms with E-state index in [0.29, 0.717) is 17.4 Å². The first-order chi connectivity index (χ1) is 14.8. The zero-order valence-corrected chi connectivity index (χ0v) is 16.3. The van der Waals surface area contributed by atoms with E-state index in [9.17, 15) is 19.2 Å². The third-order valence-corrected chi connectivity index (χ3v) is 4.60. The number of carbonyl (C=O) groups excluding carboxylic acids is 1. The fourth-order valence-electron chi connectivity index (χ4n) is 2.92. The van der Waals surface area contributed by atoms with Gasteiger partial charge in [0.15, 0.2) is 0 Å². The molecule has 1 atom stereocenters. The Morgan fingerprint density at radius 2 is 1.81 bits per heavy atom. The molecule has 1 aromatic heterocycles. The second-order valence-corrected chi connectivity index (χ2v) is 6.81. The Labute approximate surface area is 175 Å².